The van der Waals surface area contributed by atoms with Crippen molar-refractivity contribution in [1.82, 2.24) is 14.7 Å². The predicted molar refractivity (Wildman–Crippen MR) is 94.2 cm³/mol. The first-order valence-electron chi connectivity index (χ1n) is 7.36. The van der Waals surface area contributed by atoms with Crippen molar-refractivity contribution in [3.63, 3.8) is 0 Å². The number of H-pyrrole nitrogens is 1. The molecule has 0 atom stereocenters. The van der Waals surface area contributed by atoms with E-state index in [0.717, 1.165) is 16.3 Å². The number of carboxylic acid groups (broad SMARTS) is 1. The fourth-order valence-electron chi connectivity index (χ4n) is 2.31. The van der Waals surface area contributed by atoms with Crippen LogP contribution in [0.5, 0.6) is 0 Å². The van der Waals surface area contributed by atoms with E-state index in [9.17, 15) is 13.2 Å². The van der Waals surface area contributed by atoms with Gasteiger partial charge in [-0.15, -0.1) is 11.3 Å². The molecule has 0 radical (unpaired) electrons. The van der Waals surface area contributed by atoms with Crippen LogP contribution >= 0.6 is 11.3 Å². The molecule has 3 N–H and O–H groups in total. The molecule has 9 heteroatoms. The number of imidazole rings is 1. The molecule has 0 bridgehead atoms. The van der Waals surface area contributed by atoms with Crippen molar-refractivity contribution in [3.05, 3.63) is 59.4 Å². The van der Waals surface area contributed by atoms with Gasteiger partial charge in [-0.05, 0) is 35.7 Å². The van der Waals surface area contributed by atoms with Crippen molar-refractivity contribution < 1.29 is 18.3 Å². The Morgan fingerprint density at radius 1 is 1.24 bits per heavy atom. The standard InChI is InChI=1S/C16H15N3O4S2/c20-16(21)11-3-5-12(6-4-11)25(22,23)19-8-7-13-15(18-10-17-13)14-2-1-9-24-14/h1-6,9-10,19H,7-8H2,(H,17,18)(H,20,21). The molecule has 2 aromatic heterocycles. The van der Waals surface area contributed by atoms with Gasteiger partial charge < -0.3 is 10.1 Å². The summed E-state index contributed by atoms with van der Waals surface area (Å²) in [5.74, 6) is -1.10. The van der Waals surface area contributed by atoms with Gasteiger partial charge in [0.05, 0.1) is 21.7 Å². The van der Waals surface area contributed by atoms with Crippen LogP contribution in [0.25, 0.3) is 10.6 Å². The molecule has 0 fully saturated rings. The van der Waals surface area contributed by atoms with E-state index in [1.54, 1.807) is 17.7 Å². The number of carbonyl (C=O) groups is 1. The molecule has 1 aromatic carbocycles. The summed E-state index contributed by atoms with van der Waals surface area (Å²) in [7, 11) is -3.70. The van der Waals surface area contributed by atoms with E-state index >= 15 is 0 Å². The van der Waals surface area contributed by atoms with Crippen LogP contribution in [0.15, 0.2) is 53.0 Å². The fourth-order valence-corrected chi connectivity index (χ4v) is 4.09. The van der Waals surface area contributed by atoms with Crippen LogP contribution in [-0.4, -0.2) is 36.0 Å². The lowest BCUT2D eigenvalue weighted by Crippen LogP contribution is -2.26. The zero-order valence-electron chi connectivity index (χ0n) is 13.0. The van der Waals surface area contributed by atoms with Crippen LogP contribution in [0.2, 0.25) is 0 Å². The van der Waals surface area contributed by atoms with E-state index in [4.69, 9.17) is 5.11 Å². The zero-order valence-corrected chi connectivity index (χ0v) is 14.6. The lowest BCUT2D eigenvalue weighted by atomic mass is 10.2. The Balaban J connectivity index is 1.65. The van der Waals surface area contributed by atoms with Gasteiger partial charge in [-0.3, -0.25) is 0 Å². The van der Waals surface area contributed by atoms with Crippen LogP contribution in [-0.2, 0) is 16.4 Å². The molecule has 0 spiro atoms. The number of aromatic nitrogens is 2. The van der Waals surface area contributed by atoms with Gasteiger partial charge in [0.1, 0.15) is 5.69 Å². The second-order valence-electron chi connectivity index (χ2n) is 5.18. The van der Waals surface area contributed by atoms with Crippen LogP contribution in [0.4, 0.5) is 0 Å². The highest BCUT2D eigenvalue weighted by molar-refractivity contribution is 7.89. The molecule has 0 aliphatic carbocycles. The maximum Gasteiger partial charge on any atom is 0.335 e. The maximum atomic E-state index is 12.3. The van der Waals surface area contributed by atoms with E-state index in [0.29, 0.717) is 6.42 Å². The first-order chi connectivity index (χ1) is 12.0. The number of aromatic amines is 1. The first kappa shape index (κ1) is 17.3. The van der Waals surface area contributed by atoms with E-state index in [1.807, 2.05) is 17.5 Å². The number of aromatic carboxylic acids is 1. The molecule has 0 aliphatic rings. The molecule has 0 saturated heterocycles. The van der Waals surface area contributed by atoms with Crippen LogP contribution in [0, 0.1) is 0 Å². The molecular formula is C16H15N3O4S2. The number of nitrogens with zero attached hydrogens (tertiary/aromatic N) is 1. The Hall–Kier alpha value is -2.49. The van der Waals surface area contributed by atoms with Crippen LogP contribution in [0.3, 0.4) is 0 Å². The second kappa shape index (κ2) is 7.18. The Kier molecular flexibility index (Phi) is 4.98. The highest BCUT2D eigenvalue weighted by Gasteiger charge is 2.15. The SMILES string of the molecule is O=C(O)c1ccc(S(=O)(=O)NCCc2[nH]cnc2-c2cccs2)cc1. The number of nitrogens with one attached hydrogen (secondary N) is 2. The number of hydrogen-bond donors (Lipinski definition) is 3. The summed E-state index contributed by atoms with van der Waals surface area (Å²) in [6.07, 6.45) is 2.04. The first-order valence-corrected chi connectivity index (χ1v) is 9.73. The molecule has 3 aromatic rings. The summed E-state index contributed by atoms with van der Waals surface area (Å²) in [5, 5.41) is 10.8. The van der Waals surface area contributed by atoms with Crippen molar-refractivity contribution in [3.8, 4) is 10.6 Å². The van der Waals surface area contributed by atoms with Gasteiger partial charge in [-0.25, -0.2) is 22.9 Å². The number of rotatable bonds is 7. The molecule has 0 amide bonds. The van der Waals surface area contributed by atoms with Gasteiger partial charge in [0.15, 0.2) is 0 Å². The summed E-state index contributed by atoms with van der Waals surface area (Å²) >= 11 is 1.57. The van der Waals surface area contributed by atoms with Crippen molar-refractivity contribution in [2.24, 2.45) is 0 Å². The van der Waals surface area contributed by atoms with Crippen molar-refractivity contribution in [2.75, 3.05) is 6.54 Å². The quantitative estimate of drug-likeness (QED) is 0.585. The molecule has 25 heavy (non-hydrogen) atoms. The third kappa shape index (κ3) is 3.95. The van der Waals surface area contributed by atoms with Gasteiger partial charge in [-0.1, -0.05) is 6.07 Å². The summed E-state index contributed by atoms with van der Waals surface area (Å²) in [4.78, 5) is 19.2. The maximum absolute atomic E-state index is 12.3. The highest BCUT2D eigenvalue weighted by Crippen LogP contribution is 2.25. The second-order valence-corrected chi connectivity index (χ2v) is 7.90. The van der Waals surface area contributed by atoms with Crippen molar-refractivity contribution in [1.29, 1.82) is 0 Å². The van der Waals surface area contributed by atoms with Gasteiger partial charge in [0.25, 0.3) is 0 Å². The molecule has 2 heterocycles. The lowest BCUT2D eigenvalue weighted by molar-refractivity contribution is 0.0696. The van der Waals surface area contributed by atoms with E-state index < -0.39 is 16.0 Å². The molecular weight excluding hydrogens is 362 g/mol. The molecule has 0 aliphatic heterocycles. The Labute approximate surface area is 148 Å². The average Bonchev–Trinajstić information content (AvgIpc) is 3.25. The van der Waals surface area contributed by atoms with E-state index in [2.05, 4.69) is 14.7 Å². The molecule has 0 saturated carbocycles. The Bertz CT molecular complexity index is 961. The lowest BCUT2D eigenvalue weighted by Gasteiger charge is -2.07. The molecule has 130 valence electrons. The number of sulfonamides is 1. The van der Waals surface area contributed by atoms with Crippen LogP contribution in [0.1, 0.15) is 16.1 Å². The largest absolute Gasteiger partial charge is 0.478 e. The van der Waals surface area contributed by atoms with Crippen LogP contribution < -0.4 is 4.72 Å². The Morgan fingerprint density at radius 2 is 2.00 bits per heavy atom. The predicted octanol–water partition coefficient (Wildman–Crippen LogP) is 2.36. The zero-order chi connectivity index (χ0) is 17.9. The fraction of sp³-hybridized carbons (Fsp3) is 0.125. The molecule has 7 nitrogen and oxygen atoms in total. The van der Waals surface area contributed by atoms with Gasteiger partial charge in [-0.2, -0.15) is 0 Å². The summed E-state index contributed by atoms with van der Waals surface area (Å²) in [6, 6.07) is 8.97. The van der Waals surface area contributed by atoms with Crippen molar-refractivity contribution >= 4 is 27.3 Å². The smallest absolute Gasteiger partial charge is 0.335 e. The summed E-state index contributed by atoms with van der Waals surface area (Å²) in [6.45, 7) is 0.198. The number of hydrogen-bond acceptors (Lipinski definition) is 5. The average molecular weight is 377 g/mol. The van der Waals surface area contributed by atoms with E-state index in [1.165, 1.54) is 24.3 Å². The molecule has 0 unspecified atom stereocenters. The summed E-state index contributed by atoms with van der Waals surface area (Å²) < 4.78 is 27.1. The van der Waals surface area contributed by atoms with Crippen molar-refractivity contribution in [2.45, 2.75) is 11.3 Å². The Morgan fingerprint density at radius 3 is 2.64 bits per heavy atom. The minimum atomic E-state index is -3.70. The number of benzene rings is 1. The number of thiophene rings is 1. The topological polar surface area (TPSA) is 112 Å². The summed E-state index contributed by atoms with van der Waals surface area (Å²) in [5.41, 5.74) is 1.71. The third-order valence-corrected chi connectivity index (χ3v) is 5.91. The van der Waals surface area contributed by atoms with Gasteiger partial charge in [0, 0.05) is 18.7 Å². The van der Waals surface area contributed by atoms with E-state index in [-0.39, 0.29) is 17.0 Å². The minimum absolute atomic E-state index is 0.0283. The highest BCUT2D eigenvalue weighted by atomic mass is 32.2. The minimum Gasteiger partial charge on any atom is -0.478 e. The number of carboxylic acids is 1. The van der Waals surface area contributed by atoms with Gasteiger partial charge >= 0.3 is 5.97 Å². The normalized spacial score (nSPS) is 11.5. The third-order valence-electron chi connectivity index (χ3n) is 3.55. The molecule has 3 rings (SSSR count). The van der Waals surface area contributed by atoms with Gasteiger partial charge in [0.2, 0.25) is 10.0 Å². The monoisotopic (exact) mass is 377 g/mol.